The van der Waals surface area contributed by atoms with Crippen LogP contribution < -0.4 is 4.90 Å². The molecule has 0 saturated heterocycles. The molecular weight excluding hydrogens is 402 g/mol. The summed E-state index contributed by atoms with van der Waals surface area (Å²) >= 11 is 1.80. The minimum absolute atomic E-state index is 0.282. The summed E-state index contributed by atoms with van der Waals surface area (Å²) in [6, 6.07) is 17.2. The fraction of sp³-hybridized carbons (Fsp3) is 0.240. The molecular formula is C25H25N5S. The van der Waals surface area contributed by atoms with Crippen molar-refractivity contribution in [3.05, 3.63) is 94.3 Å². The van der Waals surface area contributed by atoms with E-state index in [0.717, 1.165) is 30.3 Å². The van der Waals surface area contributed by atoms with Gasteiger partial charge in [-0.1, -0.05) is 37.3 Å². The highest BCUT2D eigenvalue weighted by Gasteiger charge is 2.21. The van der Waals surface area contributed by atoms with Crippen LogP contribution in [0.25, 0.3) is 5.69 Å². The lowest BCUT2D eigenvalue weighted by Gasteiger charge is -2.28. The molecule has 156 valence electrons. The highest BCUT2D eigenvalue weighted by atomic mass is 32.1. The highest BCUT2D eigenvalue weighted by Crippen LogP contribution is 2.35. The average Bonchev–Trinajstić information content (AvgIpc) is 3.51. The predicted molar refractivity (Wildman–Crippen MR) is 128 cm³/mol. The second-order valence-corrected chi connectivity index (χ2v) is 9.01. The van der Waals surface area contributed by atoms with Crippen molar-refractivity contribution >= 4 is 23.2 Å². The Morgan fingerprint density at radius 3 is 2.94 bits per heavy atom. The van der Waals surface area contributed by atoms with Crippen molar-refractivity contribution in [3.63, 3.8) is 0 Å². The summed E-state index contributed by atoms with van der Waals surface area (Å²) in [5.41, 5.74) is 6.39. The van der Waals surface area contributed by atoms with E-state index < -0.39 is 0 Å². The van der Waals surface area contributed by atoms with E-state index in [9.17, 15) is 0 Å². The van der Waals surface area contributed by atoms with Crippen molar-refractivity contribution in [2.24, 2.45) is 4.99 Å². The molecule has 5 rings (SSSR count). The third kappa shape index (κ3) is 4.03. The second kappa shape index (κ2) is 8.47. The van der Waals surface area contributed by atoms with E-state index in [2.05, 4.69) is 71.1 Å². The first-order chi connectivity index (χ1) is 15.2. The van der Waals surface area contributed by atoms with Crippen LogP contribution in [0.2, 0.25) is 0 Å². The Kier molecular flexibility index (Phi) is 5.38. The van der Waals surface area contributed by atoms with E-state index in [0.29, 0.717) is 6.54 Å². The summed E-state index contributed by atoms with van der Waals surface area (Å²) in [5.74, 6) is 0.282. The Bertz CT molecular complexity index is 1190. The third-order valence-electron chi connectivity index (χ3n) is 5.93. The van der Waals surface area contributed by atoms with Crippen LogP contribution in [0.1, 0.15) is 40.0 Å². The third-order valence-corrected chi connectivity index (χ3v) is 7.17. The van der Waals surface area contributed by atoms with Crippen molar-refractivity contribution < 1.29 is 0 Å². The SMILES string of the molecule is C=NCc1ccc2c(c1)CN(c1ncc(C(C)c3cccc(-n4cccn4)c3)s1)CC2. The molecule has 0 N–H and O–H groups in total. The lowest BCUT2D eigenvalue weighted by atomic mass is 9.97. The zero-order valence-electron chi connectivity index (χ0n) is 17.6. The quantitative estimate of drug-likeness (QED) is 0.395. The van der Waals surface area contributed by atoms with Crippen LogP contribution >= 0.6 is 11.3 Å². The first-order valence-corrected chi connectivity index (χ1v) is 11.4. The molecule has 2 aromatic heterocycles. The van der Waals surface area contributed by atoms with Gasteiger partial charge in [-0.05, 0) is 53.6 Å². The van der Waals surface area contributed by atoms with E-state index in [-0.39, 0.29) is 5.92 Å². The molecule has 3 heterocycles. The smallest absolute Gasteiger partial charge is 0.185 e. The van der Waals surface area contributed by atoms with E-state index in [1.807, 2.05) is 23.1 Å². The summed E-state index contributed by atoms with van der Waals surface area (Å²) < 4.78 is 1.90. The van der Waals surface area contributed by atoms with Gasteiger partial charge in [0.15, 0.2) is 5.13 Å². The number of thiazole rings is 1. The maximum Gasteiger partial charge on any atom is 0.185 e. The monoisotopic (exact) mass is 427 g/mol. The van der Waals surface area contributed by atoms with Crippen molar-refractivity contribution in [2.45, 2.75) is 32.4 Å². The van der Waals surface area contributed by atoms with Crippen LogP contribution in [0.15, 0.2) is 72.1 Å². The molecule has 5 nitrogen and oxygen atoms in total. The first-order valence-electron chi connectivity index (χ1n) is 10.5. The number of benzene rings is 2. The molecule has 2 aromatic carbocycles. The topological polar surface area (TPSA) is 46.3 Å². The molecule has 0 radical (unpaired) electrons. The average molecular weight is 428 g/mol. The fourth-order valence-electron chi connectivity index (χ4n) is 4.15. The number of rotatable bonds is 6. The zero-order valence-corrected chi connectivity index (χ0v) is 18.4. The summed E-state index contributed by atoms with van der Waals surface area (Å²) in [4.78, 5) is 12.5. The van der Waals surface area contributed by atoms with Gasteiger partial charge < -0.3 is 4.90 Å². The summed E-state index contributed by atoms with van der Waals surface area (Å²) in [6.07, 6.45) is 6.87. The van der Waals surface area contributed by atoms with Gasteiger partial charge in [-0.25, -0.2) is 9.67 Å². The van der Waals surface area contributed by atoms with Crippen LogP contribution in [0.4, 0.5) is 5.13 Å². The minimum Gasteiger partial charge on any atom is -0.343 e. The van der Waals surface area contributed by atoms with Gasteiger partial charge in [0, 0.05) is 42.5 Å². The number of fused-ring (bicyclic) bond motifs is 1. The van der Waals surface area contributed by atoms with E-state index >= 15 is 0 Å². The standard InChI is InChI=1S/C25H25N5S/c1-18(21-5-3-6-23(14-21)30-11-4-10-28-30)24-16-27-25(31-24)29-12-9-20-8-7-19(15-26-2)13-22(20)17-29/h3-8,10-11,13-14,16,18H,2,9,12,15,17H2,1H3. The van der Waals surface area contributed by atoms with Gasteiger partial charge >= 0.3 is 0 Å². The van der Waals surface area contributed by atoms with E-state index in [4.69, 9.17) is 4.98 Å². The van der Waals surface area contributed by atoms with Gasteiger partial charge in [0.25, 0.3) is 0 Å². The normalized spacial score (nSPS) is 14.3. The van der Waals surface area contributed by atoms with Crippen molar-refractivity contribution in [2.75, 3.05) is 11.4 Å². The Morgan fingerprint density at radius 1 is 1.16 bits per heavy atom. The van der Waals surface area contributed by atoms with Crippen LogP contribution in [0.3, 0.4) is 0 Å². The van der Waals surface area contributed by atoms with Crippen LogP contribution in [0, 0.1) is 0 Å². The number of aliphatic imine (C=N–C) groups is 1. The molecule has 31 heavy (non-hydrogen) atoms. The van der Waals surface area contributed by atoms with Gasteiger partial charge in [-0.2, -0.15) is 5.10 Å². The summed E-state index contributed by atoms with van der Waals surface area (Å²) in [5, 5.41) is 5.45. The van der Waals surface area contributed by atoms with Crippen molar-refractivity contribution in [3.8, 4) is 5.69 Å². The van der Waals surface area contributed by atoms with Gasteiger partial charge in [0.1, 0.15) is 0 Å². The molecule has 1 aliphatic rings. The van der Waals surface area contributed by atoms with Gasteiger partial charge in [-0.3, -0.25) is 4.99 Å². The summed E-state index contributed by atoms with van der Waals surface area (Å²) in [6.45, 7) is 8.44. The molecule has 0 amide bonds. The molecule has 0 aliphatic carbocycles. The Hall–Kier alpha value is -3.25. The lowest BCUT2D eigenvalue weighted by molar-refractivity contribution is 0.727. The molecule has 0 spiro atoms. The van der Waals surface area contributed by atoms with Gasteiger partial charge in [0.05, 0.1) is 12.2 Å². The molecule has 4 aromatic rings. The molecule has 1 atom stereocenters. The molecule has 1 aliphatic heterocycles. The van der Waals surface area contributed by atoms with Gasteiger partial charge in [0.2, 0.25) is 0 Å². The molecule has 1 unspecified atom stereocenters. The molecule has 0 fully saturated rings. The minimum atomic E-state index is 0.282. The number of hydrogen-bond acceptors (Lipinski definition) is 5. The largest absolute Gasteiger partial charge is 0.343 e. The summed E-state index contributed by atoms with van der Waals surface area (Å²) in [7, 11) is 0. The highest BCUT2D eigenvalue weighted by molar-refractivity contribution is 7.15. The Labute approximate surface area is 186 Å². The maximum absolute atomic E-state index is 4.79. The number of nitrogens with zero attached hydrogens (tertiary/aromatic N) is 5. The van der Waals surface area contributed by atoms with Gasteiger partial charge in [-0.15, -0.1) is 11.3 Å². The second-order valence-electron chi connectivity index (χ2n) is 7.97. The number of hydrogen-bond donors (Lipinski definition) is 0. The van der Waals surface area contributed by atoms with E-state index in [1.54, 1.807) is 17.5 Å². The Morgan fingerprint density at radius 2 is 2.10 bits per heavy atom. The van der Waals surface area contributed by atoms with Crippen LogP contribution in [0.5, 0.6) is 0 Å². The van der Waals surface area contributed by atoms with Crippen LogP contribution in [-0.2, 0) is 19.5 Å². The molecule has 0 saturated carbocycles. The first kappa shape index (κ1) is 19.7. The Balaban J connectivity index is 1.35. The predicted octanol–water partition coefficient (Wildman–Crippen LogP) is 5.24. The van der Waals surface area contributed by atoms with E-state index in [1.165, 1.54) is 27.1 Å². The lowest BCUT2D eigenvalue weighted by Crippen LogP contribution is -2.30. The molecule has 6 heteroatoms. The zero-order chi connectivity index (χ0) is 21.2. The molecule has 0 bridgehead atoms. The van der Waals surface area contributed by atoms with Crippen LogP contribution in [-0.4, -0.2) is 28.0 Å². The number of aromatic nitrogens is 3. The maximum atomic E-state index is 4.79. The number of anilines is 1. The van der Waals surface area contributed by atoms with Crippen molar-refractivity contribution in [1.82, 2.24) is 14.8 Å². The fourth-order valence-corrected chi connectivity index (χ4v) is 5.17. The van der Waals surface area contributed by atoms with Crippen molar-refractivity contribution in [1.29, 1.82) is 0 Å².